The van der Waals surface area contributed by atoms with E-state index in [1.165, 1.54) is 14.1 Å². The molecule has 0 saturated heterocycles. The van der Waals surface area contributed by atoms with Crippen LogP contribution in [0.4, 0.5) is 0 Å². The standard InChI is InChI=1S/C2H7N5/c1-3-5-7-6-4-2/h1-2H3,(H,3,4,7). The Morgan fingerprint density at radius 3 is 1.71 bits per heavy atom. The maximum Gasteiger partial charge on any atom is 0.0509 e. The zero-order valence-electron chi connectivity index (χ0n) is 4.29. The lowest BCUT2D eigenvalue weighted by molar-refractivity contribution is 0.687. The van der Waals surface area contributed by atoms with Crippen LogP contribution in [0.15, 0.2) is 20.7 Å². The van der Waals surface area contributed by atoms with Crippen LogP contribution in [0.2, 0.25) is 0 Å². The summed E-state index contributed by atoms with van der Waals surface area (Å²) in [5, 5.41) is 13.2. The molecule has 0 radical (unpaired) electrons. The molecule has 5 heteroatoms. The van der Waals surface area contributed by atoms with Crippen LogP contribution in [-0.2, 0) is 0 Å². The van der Waals surface area contributed by atoms with Crippen molar-refractivity contribution in [3.8, 4) is 0 Å². The fraction of sp³-hybridized carbons (Fsp3) is 1.00. The molecule has 0 aliphatic heterocycles. The van der Waals surface area contributed by atoms with Gasteiger partial charge >= 0.3 is 0 Å². The molecule has 0 aliphatic rings. The van der Waals surface area contributed by atoms with E-state index in [9.17, 15) is 0 Å². The van der Waals surface area contributed by atoms with Gasteiger partial charge in [0.2, 0.25) is 0 Å². The monoisotopic (exact) mass is 101 g/mol. The van der Waals surface area contributed by atoms with Gasteiger partial charge in [-0.05, 0) is 0 Å². The van der Waals surface area contributed by atoms with Crippen LogP contribution in [-0.4, -0.2) is 14.1 Å². The van der Waals surface area contributed by atoms with E-state index in [0.29, 0.717) is 0 Å². The number of hydrogen-bond acceptors (Lipinski definition) is 4. The number of nitrogens with zero attached hydrogens (tertiary/aromatic N) is 4. The molecule has 0 amide bonds. The van der Waals surface area contributed by atoms with Gasteiger partial charge in [0, 0.05) is 0 Å². The molecular weight excluding hydrogens is 94.1 g/mol. The van der Waals surface area contributed by atoms with Crippen LogP contribution in [0.5, 0.6) is 0 Å². The maximum atomic E-state index is 3.33. The van der Waals surface area contributed by atoms with E-state index in [1.807, 2.05) is 0 Å². The fourth-order valence-electron chi connectivity index (χ4n) is 0.109. The van der Waals surface area contributed by atoms with Crippen molar-refractivity contribution in [1.82, 2.24) is 5.53 Å². The molecule has 0 aromatic heterocycles. The minimum atomic E-state index is 1.54. The summed E-state index contributed by atoms with van der Waals surface area (Å²) in [7, 11) is 3.08. The molecule has 0 bridgehead atoms. The molecule has 0 rings (SSSR count). The lowest BCUT2D eigenvalue weighted by Gasteiger charge is -1.77. The quantitative estimate of drug-likeness (QED) is 0.401. The highest BCUT2D eigenvalue weighted by molar-refractivity contribution is 4.07. The van der Waals surface area contributed by atoms with Gasteiger partial charge in [0.05, 0.1) is 14.1 Å². The smallest absolute Gasteiger partial charge is 0.0509 e. The van der Waals surface area contributed by atoms with Gasteiger partial charge in [-0.25, -0.2) is 0 Å². The van der Waals surface area contributed by atoms with Crippen molar-refractivity contribution < 1.29 is 0 Å². The van der Waals surface area contributed by atoms with E-state index < -0.39 is 0 Å². The Morgan fingerprint density at radius 1 is 1.00 bits per heavy atom. The minimum absolute atomic E-state index is 1.54. The van der Waals surface area contributed by atoms with E-state index in [-0.39, 0.29) is 0 Å². The molecule has 0 spiro atoms. The second-order valence-corrected chi connectivity index (χ2v) is 0.700. The molecular formula is C2H7N5. The van der Waals surface area contributed by atoms with Crippen LogP contribution in [0.3, 0.4) is 0 Å². The molecule has 0 unspecified atom stereocenters. The Bertz CT molecular complexity index is 64.1. The summed E-state index contributed by atoms with van der Waals surface area (Å²) < 4.78 is 0. The average Bonchev–Trinajstić information content (AvgIpc) is 1.69. The van der Waals surface area contributed by atoms with Gasteiger partial charge in [0.15, 0.2) is 0 Å². The van der Waals surface area contributed by atoms with Crippen LogP contribution < -0.4 is 5.53 Å². The van der Waals surface area contributed by atoms with Gasteiger partial charge in [0.25, 0.3) is 0 Å². The first kappa shape index (κ1) is 6.00. The van der Waals surface area contributed by atoms with Crippen molar-refractivity contribution in [2.45, 2.75) is 0 Å². The Labute approximate surface area is 41.5 Å². The van der Waals surface area contributed by atoms with Crippen LogP contribution in [0.1, 0.15) is 0 Å². The molecule has 0 atom stereocenters. The van der Waals surface area contributed by atoms with E-state index in [2.05, 4.69) is 26.2 Å². The van der Waals surface area contributed by atoms with Gasteiger partial charge in [-0.1, -0.05) is 10.4 Å². The molecule has 0 aromatic carbocycles. The Hall–Kier alpha value is -1.00. The molecule has 7 heavy (non-hydrogen) atoms. The fourth-order valence-corrected chi connectivity index (χ4v) is 0.109. The topological polar surface area (TPSA) is 61.5 Å². The third-order valence-corrected chi connectivity index (χ3v) is 0.289. The summed E-state index contributed by atoms with van der Waals surface area (Å²) in [5.41, 5.74) is 2.20. The van der Waals surface area contributed by atoms with Gasteiger partial charge in [-0.15, -0.1) is 0 Å². The van der Waals surface area contributed by atoms with Crippen molar-refractivity contribution in [2.75, 3.05) is 14.1 Å². The first-order valence-electron chi connectivity index (χ1n) is 1.74. The molecule has 0 fully saturated rings. The van der Waals surface area contributed by atoms with Crippen molar-refractivity contribution >= 4 is 0 Å². The molecule has 5 nitrogen and oxygen atoms in total. The SMILES string of the molecule is CN=NNN=NC. The lowest BCUT2D eigenvalue weighted by atomic mass is 11.5. The van der Waals surface area contributed by atoms with Crippen molar-refractivity contribution in [3.05, 3.63) is 0 Å². The molecule has 0 saturated carbocycles. The zero-order chi connectivity index (χ0) is 5.54. The predicted molar refractivity (Wildman–Crippen MR) is 24.7 cm³/mol. The average molecular weight is 101 g/mol. The lowest BCUT2D eigenvalue weighted by Crippen LogP contribution is -1.87. The molecule has 1 N–H and O–H groups in total. The number of rotatable bonds is 2. The maximum absolute atomic E-state index is 3.33. The van der Waals surface area contributed by atoms with Gasteiger partial charge < -0.3 is 0 Å². The largest absolute Gasteiger partial charge is 0.173 e. The highest BCUT2D eigenvalue weighted by Crippen LogP contribution is 1.62. The normalized spacial score (nSPS) is 11.1. The van der Waals surface area contributed by atoms with Gasteiger partial charge in [-0.3, -0.25) is 0 Å². The van der Waals surface area contributed by atoms with E-state index >= 15 is 0 Å². The summed E-state index contributed by atoms with van der Waals surface area (Å²) in [4.78, 5) is 0. The molecule has 0 aromatic rings. The van der Waals surface area contributed by atoms with Crippen LogP contribution in [0.25, 0.3) is 0 Å². The van der Waals surface area contributed by atoms with Crippen molar-refractivity contribution in [3.63, 3.8) is 0 Å². The molecule has 0 heterocycles. The summed E-state index contributed by atoms with van der Waals surface area (Å²) in [6.45, 7) is 0. The Kier molecular flexibility index (Phi) is 4.29. The van der Waals surface area contributed by atoms with Crippen LogP contribution >= 0.6 is 0 Å². The zero-order valence-corrected chi connectivity index (χ0v) is 4.29. The second-order valence-electron chi connectivity index (χ2n) is 0.700. The number of hydrogen-bond donors (Lipinski definition) is 1. The first-order valence-corrected chi connectivity index (χ1v) is 1.74. The van der Waals surface area contributed by atoms with E-state index in [0.717, 1.165) is 0 Å². The summed E-state index contributed by atoms with van der Waals surface area (Å²) in [6, 6.07) is 0. The van der Waals surface area contributed by atoms with E-state index in [4.69, 9.17) is 0 Å². The third kappa shape index (κ3) is 5.00. The summed E-state index contributed by atoms with van der Waals surface area (Å²) in [6.07, 6.45) is 0. The van der Waals surface area contributed by atoms with Crippen LogP contribution in [0, 0.1) is 0 Å². The third-order valence-electron chi connectivity index (χ3n) is 0.289. The predicted octanol–water partition coefficient (Wildman–Crippen LogP) is 0.570. The second kappa shape index (κ2) is 5.00. The summed E-state index contributed by atoms with van der Waals surface area (Å²) in [5.74, 6) is 0. The minimum Gasteiger partial charge on any atom is -0.173 e. The van der Waals surface area contributed by atoms with E-state index in [1.54, 1.807) is 0 Å². The number of nitrogens with one attached hydrogen (secondary N) is 1. The Balaban J connectivity index is 2.98. The first-order chi connectivity index (χ1) is 3.41. The molecule has 40 valence electrons. The molecule has 0 aliphatic carbocycles. The van der Waals surface area contributed by atoms with Crippen molar-refractivity contribution in [2.24, 2.45) is 20.7 Å². The van der Waals surface area contributed by atoms with Gasteiger partial charge in [-0.2, -0.15) is 15.8 Å². The Morgan fingerprint density at radius 2 is 1.43 bits per heavy atom. The highest BCUT2D eigenvalue weighted by atomic mass is 15.6. The highest BCUT2D eigenvalue weighted by Gasteiger charge is 1.57. The van der Waals surface area contributed by atoms with Crippen molar-refractivity contribution in [1.29, 1.82) is 0 Å². The van der Waals surface area contributed by atoms with Gasteiger partial charge in [0.1, 0.15) is 0 Å². The summed E-state index contributed by atoms with van der Waals surface area (Å²) >= 11 is 0.